The van der Waals surface area contributed by atoms with Gasteiger partial charge in [-0.2, -0.15) is 5.10 Å². The van der Waals surface area contributed by atoms with Crippen LogP contribution in [0.15, 0.2) is 18.2 Å². The number of ether oxygens (including phenoxy) is 2. The van der Waals surface area contributed by atoms with Gasteiger partial charge in [-0.1, -0.05) is 0 Å². The van der Waals surface area contributed by atoms with E-state index < -0.39 is 5.60 Å². The van der Waals surface area contributed by atoms with E-state index in [4.69, 9.17) is 30.3 Å². The second-order valence-electron chi connectivity index (χ2n) is 9.18. The Labute approximate surface area is 204 Å². The zero-order valence-corrected chi connectivity index (χ0v) is 20.6. The van der Waals surface area contributed by atoms with Crippen LogP contribution < -0.4 is 15.4 Å². The third kappa shape index (κ3) is 3.48. The number of hydrogen-bond donors (Lipinski definition) is 1. The second kappa shape index (κ2) is 8.02. The first-order valence-corrected chi connectivity index (χ1v) is 12.6. The summed E-state index contributed by atoms with van der Waals surface area (Å²) in [5.41, 5.74) is 9.26. The summed E-state index contributed by atoms with van der Waals surface area (Å²) >= 11 is 2.22. The Kier molecular flexibility index (Phi) is 5.22. The van der Waals surface area contributed by atoms with Gasteiger partial charge in [0.2, 0.25) is 0 Å². The molecule has 2 aromatic heterocycles. The lowest BCUT2D eigenvalue weighted by Gasteiger charge is -2.41. The van der Waals surface area contributed by atoms with Gasteiger partial charge in [-0.15, -0.1) is 0 Å². The van der Waals surface area contributed by atoms with E-state index >= 15 is 0 Å². The Hall–Kier alpha value is -2.05. The molecule has 5 heterocycles. The molecule has 2 saturated heterocycles. The highest BCUT2D eigenvalue weighted by molar-refractivity contribution is 14.1. The molecule has 3 aliphatic rings. The van der Waals surface area contributed by atoms with Crippen molar-refractivity contribution in [1.82, 2.24) is 19.7 Å². The van der Waals surface area contributed by atoms with Gasteiger partial charge in [0.05, 0.1) is 11.7 Å². The number of nitrogens with two attached hydrogens (primary N) is 1. The number of benzene rings is 1. The lowest BCUT2D eigenvalue weighted by atomic mass is 9.83. The normalized spacial score (nSPS) is 24.3. The van der Waals surface area contributed by atoms with Crippen LogP contribution in [-0.2, 0) is 4.74 Å². The number of fused-ring (bicyclic) bond motifs is 2. The molecule has 10 heteroatoms. The molecule has 2 N–H and O–H groups in total. The van der Waals surface area contributed by atoms with Crippen molar-refractivity contribution in [3.63, 3.8) is 0 Å². The molecule has 1 unspecified atom stereocenters. The molecule has 0 aliphatic carbocycles. The van der Waals surface area contributed by atoms with Crippen LogP contribution in [0.25, 0.3) is 11.2 Å². The van der Waals surface area contributed by atoms with E-state index in [1.807, 2.05) is 11.6 Å². The first kappa shape index (κ1) is 21.5. The molecule has 2 fully saturated rings. The van der Waals surface area contributed by atoms with Crippen molar-refractivity contribution in [2.75, 3.05) is 24.6 Å². The third-order valence-corrected chi connectivity index (χ3v) is 7.89. The van der Waals surface area contributed by atoms with Gasteiger partial charge >= 0.3 is 0 Å². The fraction of sp³-hybridized carbons (Fsp3) is 0.522. The monoisotopic (exact) mass is 564 g/mol. The molecule has 8 nitrogen and oxygen atoms in total. The predicted octanol–water partition coefficient (Wildman–Crippen LogP) is 4.01. The van der Waals surface area contributed by atoms with E-state index in [-0.39, 0.29) is 18.1 Å². The van der Waals surface area contributed by atoms with Crippen LogP contribution in [-0.4, -0.2) is 45.0 Å². The Morgan fingerprint density at radius 2 is 2.03 bits per heavy atom. The molecular weight excluding hydrogens is 538 g/mol. The molecule has 0 saturated carbocycles. The number of piperidine rings is 1. The van der Waals surface area contributed by atoms with Gasteiger partial charge in [-0.05, 0) is 67.0 Å². The first-order chi connectivity index (χ1) is 15.9. The quantitative estimate of drug-likeness (QED) is 0.471. The summed E-state index contributed by atoms with van der Waals surface area (Å²) in [7, 11) is 0. The number of rotatable bonds is 2. The summed E-state index contributed by atoms with van der Waals surface area (Å²) in [6, 6.07) is 4.27. The van der Waals surface area contributed by atoms with Crippen LogP contribution in [0.5, 0.6) is 5.75 Å². The average molecular weight is 564 g/mol. The molecule has 0 amide bonds. The van der Waals surface area contributed by atoms with Gasteiger partial charge < -0.3 is 20.1 Å². The highest BCUT2D eigenvalue weighted by Crippen LogP contribution is 2.47. The van der Waals surface area contributed by atoms with Crippen molar-refractivity contribution in [2.24, 2.45) is 5.73 Å². The van der Waals surface area contributed by atoms with Crippen LogP contribution in [0.3, 0.4) is 0 Å². The van der Waals surface area contributed by atoms with Crippen molar-refractivity contribution in [3.05, 3.63) is 39.0 Å². The molecule has 174 valence electrons. The van der Waals surface area contributed by atoms with Crippen LogP contribution in [0, 0.1) is 16.4 Å². The fourth-order valence-electron chi connectivity index (χ4n) is 5.34. The Balaban J connectivity index is 1.28. The number of anilines is 1. The molecule has 33 heavy (non-hydrogen) atoms. The molecule has 2 atom stereocenters. The molecule has 1 aromatic carbocycles. The van der Waals surface area contributed by atoms with Crippen molar-refractivity contribution >= 4 is 39.6 Å². The van der Waals surface area contributed by atoms with E-state index in [2.05, 4.69) is 27.5 Å². The highest BCUT2D eigenvalue weighted by Gasteiger charge is 2.48. The van der Waals surface area contributed by atoms with E-state index in [0.29, 0.717) is 5.75 Å². The molecule has 0 bridgehead atoms. The molecular formula is C23H26FIN6O2. The van der Waals surface area contributed by atoms with E-state index in [0.717, 1.165) is 83.7 Å². The maximum atomic E-state index is 13.8. The minimum Gasteiger partial charge on any atom is -0.485 e. The standard InChI is InChI=1S/C23H26FIN6O2/c1-13-21(28-22-18(27-13)20(25)29-31(22)17-4-2-3-11-32-17)30-9-7-23(8-10-30)19(26)15-12-14(24)5-6-16(15)33-23/h5-6,12,17,19H,2-4,7-11,26H2,1H3/t17?,19-/m1/s1. The van der Waals surface area contributed by atoms with Crippen LogP contribution >= 0.6 is 22.6 Å². The van der Waals surface area contributed by atoms with Gasteiger partial charge in [-0.3, -0.25) is 0 Å². The summed E-state index contributed by atoms with van der Waals surface area (Å²) in [6.45, 7) is 4.20. The van der Waals surface area contributed by atoms with Gasteiger partial charge in [0.25, 0.3) is 0 Å². The average Bonchev–Trinajstić information content (AvgIpc) is 3.28. The minimum atomic E-state index is -0.509. The summed E-state index contributed by atoms with van der Waals surface area (Å²) in [4.78, 5) is 12.1. The summed E-state index contributed by atoms with van der Waals surface area (Å²) in [6.07, 6.45) is 4.50. The topological polar surface area (TPSA) is 91.3 Å². The molecule has 1 spiro atoms. The maximum absolute atomic E-state index is 13.8. The molecule has 6 rings (SSSR count). The van der Waals surface area contributed by atoms with Crippen LogP contribution in [0.1, 0.15) is 55.6 Å². The zero-order chi connectivity index (χ0) is 22.7. The summed E-state index contributed by atoms with van der Waals surface area (Å²) < 4.78 is 28.8. The van der Waals surface area contributed by atoms with Crippen LogP contribution in [0.2, 0.25) is 0 Å². The number of halogens is 2. The van der Waals surface area contributed by atoms with E-state index in [1.165, 1.54) is 12.1 Å². The Morgan fingerprint density at radius 1 is 1.21 bits per heavy atom. The molecule has 3 aromatic rings. The van der Waals surface area contributed by atoms with Crippen molar-refractivity contribution < 1.29 is 13.9 Å². The van der Waals surface area contributed by atoms with Crippen molar-refractivity contribution in [2.45, 2.75) is 56.9 Å². The smallest absolute Gasteiger partial charge is 0.182 e. The van der Waals surface area contributed by atoms with Gasteiger partial charge in [0.1, 0.15) is 22.7 Å². The fourth-order valence-corrected chi connectivity index (χ4v) is 5.93. The number of nitrogens with zero attached hydrogens (tertiary/aromatic N) is 5. The summed E-state index contributed by atoms with van der Waals surface area (Å²) in [5, 5.41) is 4.71. The summed E-state index contributed by atoms with van der Waals surface area (Å²) in [5.74, 6) is 1.27. The van der Waals surface area contributed by atoms with Gasteiger partial charge in [-0.25, -0.2) is 19.0 Å². The van der Waals surface area contributed by atoms with Crippen molar-refractivity contribution in [1.29, 1.82) is 0 Å². The molecule has 0 radical (unpaired) electrons. The molecule has 3 aliphatic heterocycles. The lowest BCUT2D eigenvalue weighted by Crippen LogP contribution is -2.51. The maximum Gasteiger partial charge on any atom is 0.182 e. The lowest BCUT2D eigenvalue weighted by molar-refractivity contribution is -0.0372. The number of aryl methyl sites for hydroxylation is 1. The Bertz CT molecular complexity index is 1220. The van der Waals surface area contributed by atoms with Crippen molar-refractivity contribution in [3.8, 4) is 5.75 Å². The number of hydrogen-bond acceptors (Lipinski definition) is 7. The largest absolute Gasteiger partial charge is 0.485 e. The Morgan fingerprint density at radius 3 is 2.79 bits per heavy atom. The van der Waals surface area contributed by atoms with E-state index in [1.54, 1.807) is 6.07 Å². The zero-order valence-electron chi connectivity index (χ0n) is 18.4. The minimum absolute atomic E-state index is 0.0944. The SMILES string of the molecule is Cc1nc2c(I)nn(C3CCCCO3)c2nc1N1CCC2(CC1)Oc1ccc(F)cc1[C@H]2N. The van der Waals surface area contributed by atoms with Gasteiger partial charge in [0.15, 0.2) is 21.4 Å². The van der Waals surface area contributed by atoms with E-state index in [9.17, 15) is 4.39 Å². The third-order valence-electron chi connectivity index (χ3n) is 7.16. The first-order valence-electron chi connectivity index (χ1n) is 11.5. The van der Waals surface area contributed by atoms with Gasteiger partial charge in [0, 0.05) is 38.1 Å². The second-order valence-corrected chi connectivity index (χ2v) is 10.2. The highest BCUT2D eigenvalue weighted by atomic mass is 127. The van der Waals surface area contributed by atoms with Crippen LogP contribution in [0.4, 0.5) is 10.2 Å². The predicted molar refractivity (Wildman–Crippen MR) is 130 cm³/mol. The number of aromatic nitrogens is 4.